The summed E-state index contributed by atoms with van der Waals surface area (Å²) in [7, 11) is 0. The van der Waals surface area contributed by atoms with Gasteiger partial charge in [-0.3, -0.25) is 4.79 Å². The zero-order valence-corrected chi connectivity index (χ0v) is 12.9. The first kappa shape index (κ1) is 16.0. The van der Waals surface area contributed by atoms with Crippen molar-refractivity contribution in [1.29, 1.82) is 0 Å². The monoisotopic (exact) mass is 301 g/mol. The molecule has 0 aliphatic heterocycles. The Morgan fingerprint density at radius 1 is 1.14 bits per heavy atom. The van der Waals surface area contributed by atoms with Gasteiger partial charge in [-0.15, -0.1) is 0 Å². The molecule has 2 aromatic carbocycles. The average Bonchev–Trinajstić information content (AvgIpc) is 2.46. The molecular weight excluding hydrogens is 281 g/mol. The zero-order chi connectivity index (χ0) is 15.9. The molecule has 0 fully saturated rings. The van der Waals surface area contributed by atoms with Crippen LogP contribution < -0.4 is 10.1 Å². The number of nitrogens with one attached hydrogen (secondary N) is 1. The third-order valence-corrected chi connectivity index (χ3v) is 3.24. The normalized spacial score (nSPS) is 10.3. The molecule has 22 heavy (non-hydrogen) atoms. The Morgan fingerprint density at radius 2 is 1.82 bits per heavy atom. The van der Waals surface area contributed by atoms with E-state index in [1.165, 1.54) is 6.07 Å². The number of amides is 1. The smallest absolute Gasteiger partial charge is 0.257 e. The number of carbonyl (C=O) groups is 1. The van der Waals surface area contributed by atoms with Crippen molar-refractivity contribution >= 4 is 5.91 Å². The molecule has 0 saturated carbocycles. The zero-order valence-electron chi connectivity index (χ0n) is 12.9. The largest absolute Gasteiger partial charge is 0.484 e. The highest BCUT2D eigenvalue weighted by Crippen LogP contribution is 2.15. The number of benzene rings is 2. The summed E-state index contributed by atoms with van der Waals surface area (Å²) >= 11 is 0. The van der Waals surface area contributed by atoms with Crippen molar-refractivity contribution in [2.24, 2.45) is 0 Å². The fourth-order valence-corrected chi connectivity index (χ4v) is 2.25. The van der Waals surface area contributed by atoms with E-state index in [0.717, 1.165) is 11.1 Å². The second kappa shape index (κ2) is 7.59. The second-order valence-electron chi connectivity index (χ2n) is 5.30. The van der Waals surface area contributed by atoms with Gasteiger partial charge in [0, 0.05) is 6.54 Å². The molecule has 116 valence electrons. The first-order valence-corrected chi connectivity index (χ1v) is 7.26. The summed E-state index contributed by atoms with van der Waals surface area (Å²) in [5.74, 6) is 0.223. The van der Waals surface area contributed by atoms with Crippen molar-refractivity contribution in [2.75, 3.05) is 13.2 Å². The summed E-state index contributed by atoms with van der Waals surface area (Å²) in [6, 6.07) is 12.4. The summed E-state index contributed by atoms with van der Waals surface area (Å²) in [4.78, 5) is 11.7. The predicted octanol–water partition coefficient (Wildman–Crippen LogP) is 3.18. The summed E-state index contributed by atoms with van der Waals surface area (Å²) in [6.07, 6.45) is 0.460. The number of carbonyl (C=O) groups excluding carboxylic acids is 1. The molecule has 1 N–H and O–H groups in total. The number of hydrogen-bond acceptors (Lipinski definition) is 2. The quantitative estimate of drug-likeness (QED) is 0.890. The Morgan fingerprint density at radius 3 is 2.50 bits per heavy atom. The van der Waals surface area contributed by atoms with Crippen LogP contribution in [0.1, 0.15) is 16.7 Å². The van der Waals surface area contributed by atoms with Crippen LogP contribution >= 0.6 is 0 Å². The highest BCUT2D eigenvalue weighted by molar-refractivity contribution is 5.77. The maximum atomic E-state index is 13.4. The molecule has 0 aromatic heterocycles. The van der Waals surface area contributed by atoms with Crippen LogP contribution in [0.25, 0.3) is 0 Å². The van der Waals surface area contributed by atoms with E-state index < -0.39 is 0 Å². The first-order valence-electron chi connectivity index (χ1n) is 7.26. The minimum absolute atomic E-state index is 0.0415. The van der Waals surface area contributed by atoms with Crippen molar-refractivity contribution < 1.29 is 13.9 Å². The van der Waals surface area contributed by atoms with Crippen LogP contribution in [0.5, 0.6) is 5.75 Å². The van der Waals surface area contributed by atoms with E-state index in [4.69, 9.17) is 4.74 Å². The van der Waals surface area contributed by atoms with Crippen molar-refractivity contribution in [1.82, 2.24) is 5.32 Å². The number of rotatable bonds is 6. The lowest BCUT2D eigenvalue weighted by molar-refractivity contribution is -0.123. The lowest BCUT2D eigenvalue weighted by Gasteiger charge is -2.09. The summed E-state index contributed by atoms with van der Waals surface area (Å²) in [6.45, 7) is 4.30. The third-order valence-electron chi connectivity index (χ3n) is 3.24. The van der Waals surface area contributed by atoms with Gasteiger partial charge in [-0.05, 0) is 55.2 Å². The Kier molecular flexibility index (Phi) is 5.53. The fourth-order valence-electron chi connectivity index (χ4n) is 2.25. The van der Waals surface area contributed by atoms with Gasteiger partial charge in [0.2, 0.25) is 0 Å². The van der Waals surface area contributed by atoms with Crippen LogP contribution in [-0.2, 0) is 11.2 Å². The maximum Gasteiger partial charge on any atom is 0.257 e. The molecule has 2 aromatic rings. The fraction of sp³-hybridized carbons (Fsp3) is 0.278. The van der Waals surface area contributed by atoms with E-state index >= 15 is 0 Å². The molecule has 0 spiro atoms. The van der Waals surface area contributed by atoms with Crippen LogP contribution in [-0.4, -0.2) is 19.1 Å². The van der Waals surface area contributed by atoms with Crippen LogP contribution in [0.3, 0.4) is 0 Å². The predicted molar refractivity (Wildman–Crippen MR) is 84.5 cm³/mol. The van der Waals surface area contributed by atoms with Crippen molar-refractivity contribution in [3.8, 4) is 5.75 Å². The average molecular weight is 301 g/mol. The van der Waals surface area contributed by atoms with Gasteiger partial charge in [0.1, 0.15) is 11.6 Å². The molecule has 0 saturated heterocycles. The Balaban J connectivity index is 1.75. The lowest BCUT2D eigenvalue weighted by Crippen LogP contribution is -2.30. The molecule has 0 aliphatic rings. The van der Waals surface area contributed by atoms with Gasteiger partial charge in [0.05, 0.1) is 0 Å². The number of ether oxygens (including phenoxy) is 1. The van der Waals surface area contributed by atoms with Gasteiger partial charge in [0.15, 0.2) is 6.61 Å². The number of aryl methyl sites for hydroxylation is 2. The molecule has 0 bridgehead atoms. The van der Waals surface area contributed by atoms with Gasteiger partial charge >= 0.3 is 0 Å². The third kappa shape index (κ3) is 4.88. The summed E-state index contributed by atoms with van der Waals surface area (Å²) in [5, 5.41) is 2.73. The van der Waals surface area contributed by atoms with Crippen LogP contribution in [0.4, 0.5) is 4.39 Å². The van der Waals surface area contributed by atoms with E-state index in [0.29, 0.717) is 24.3 Å². The molecule has 2 rings (SSSR count). The molecule has 0 unspecified atom stereocenters. The van der Waals surface area contributed by atoms with E-state index in [2.05, 4.69) is 5.32 Å². The van der Waals surface area contributed by atoms with Gasteiger partial charge in [-0.25, -0.2) is 4.39 Å². The van der Waals surface area contributed by atoms with Crippen molar-refractivity contribution in [2.45, 2.75) is 20.3 Å². The molecule has 0 radical (unpaired) electrons. The molecule has 0 atom stereocenters. The van der Waals surface area contributed by atoms with Gasteiger partial charge in [-0.2, -0.15) is 0 Å². The Bertz CT molecular complexity index is 635. The molecule has 4 heteroatoms. The SMILES string of the molecule is Cc1cc(C)cc(OCC(=O)NCCc2ccccc2F)c1. The summed E-state index contributed by atoms with van der Waals surface area (Å²) in [5.41, 5.74) is 2.78. The Hall–Kier alpha value is -2.36. The van der Waals surface area contributed by atoms with E-state index in [9.17, 15) is 9.18 Å². The summed E-state index contributed by atoms with van der Waals surface area (Å²) < 4.78 is 18.9. The van der Waals surface area contributed by atoms with Crippen molar-refractivity contribution in [3.05, 3.63) is 65.0 Å². The molecule has 0 aliphatic carbocycles. The topological polar surface area (TPSA) is 38.3 Å². The van der Waals surface area contributed by atoms with E-state index in [1.54, 1.807) is 18.2 Å². The van der Waals surface area contributed by atoms with E-state index in [1.807, 2.05) is 32.0 Å². The van der Waals surface area contributed by atoms with Crippen LogP contribution in [0.2, 0.25) is 0 Å². The van der Waals surface area contributed by atoms with Gasteiger partial charge in [0.25, 0.3) is 5.91 Å². The molecule has 1 amide bonds. The van der Waals surface area contributed by atoms with Gasteiger partial charge < -0.3 is 10.1 Å². The standard InChI is InChI=1S/C18H20FNO2/c1-13-9-14(2)11-16(10-13)22-12-18(21)20-8-7-15-5-3-4-6-17(15)19/h3-6,9-11H,7-8,12H2,1-2H3,(H,20,21). The lowest BCUT2D eigenvalue weighted by atomic mass is 10.1. The minimum Gasteiger partial charge on any atom is -0.484 e. The highest BCUT2D eigenvalue weighted by Gasteiger charge is 2.05. The van der Waals surface area contributed by atoms with Crippen molar-refractivity contribution in [3.63, 3.8) is 0 Å². The number of halogens is 1. The minimum atomic E-state index is -0.247. The molecule has 0 heterocycles. The highest BCUT2D eigenvalue weighted by atomic mass is 19.1. The van der Waals surface area contributed by atoms with E-state index in [-0.39, 0.29) is 18.3 Å². The van der Waals surface area contributed by atoms with Crippen LogP contribution in [0.15, 0.2) is 42.5 Å². The number of hydrogen-bond donors (Lipinski definition) is 1. The molecule has 3 nitrogen and oxygen atoms in total. The van der Waals surface area contributed by atoms with Crippen LogP contribution in [0, 0.1) is 19.7 Å². The Labute approximate surface area is 130 Å². The molecular formula is C18H20FNO2. The first-order chi connectivity index (χ1) is 10.5. The second-order valence-corrected chi connectivity index (χ2v) is 5.30. The maximum absolute atomic E-state index is 13.4. The van der Waals surface area contributed by atoms with Gasteiger partial charge in [-0.1, -0.05) is 24.3 Å².